The number of anilines is 1. The highest BCUT2D eigenvalue weighted by molar-refractivity contribution is 6.33. The number of hydrogen-bond donors (Lipinski definition) is 2. The van der Waals surface area contributed by atoms with E-state index in [1.54, 1.807) is 6.07 Å². The largest absolute Gasteiger partial charge is 0.382 e. The predicted molar refractivity (Wildman–Crippen MR) is 61.3 cm³/mol. The molecule has 0 fully saturated rings. The van der Waals surface area contributed by atoms with Gasteiger partial charge < -0.3 is 15.6 Å². The maximum atomic E-state index is 11.7. The Labute approximate surface area is 102 Å². The number of amides is 1. The van der Waals surface area contributed by atoms with E-state index < -0.39 is 0 Å². The highest BCUT2D eigenvalue weighted by Gasteiger charge is 2.09. The minimum absolute atomic E-state index is 0.193. The van der Waals surface area contributed by atoms with Gasteiger partial charge >= 0.3 is 0 Å². The van der Waals surface area contributed by atoms with E-state index in [0.29, 0.717) is 11.3 Å². The summed E-state index contributed by atoms with van der Waals surface area (Å²) in [4.78, 5) is 15.5. The first-order chi connectivity index (χ1) is 8.16. The van der Waals surface area contributed by atoms with Crippen LogP contribution in [0, 0.1) is 0 Å². The number of nitrogens with one attached hydrogen (secondary N) is 1. The summed E-state index contributed by atoms with van der Waals surface area (Å²) in [6.07, 6.45) is 2.86. The second-order valence-corrected chi connectivity index (χ2v) is 3.66. The van der Waals surface area contributed by atoms with Crippen LogP contribution in [0.25, 0.3) is 0 Å². The van der Waals surface area contributed by atoms with Crippen molar-refractivity contribution in [3.8, 4) is 0 Å². The van der Waals surface area contributed by atoms with Crippen molar-refractivity contribution >= 4 is 23.3 Å². The first kappa shape index (κ1) is 11.4. The van der Waals surface area contributed by atoms with E-state index in [-0.39, 0.29) is 23.3 Å². The Morgan fingerprint density at radius 2 is 2.41 bits per heavy atom. The SMILES string of the molecule is Nc1ncc(C(=O)NCc2ccno2)cc1Cl. The van der Waals surface area contributed by atoms with Gasteiger partial charge in [-0.15, -0.1) is 0 Å². The molecule has 0 atom stereocenters. The van der Waals surface area contributed by atoms with E-state index >= 15 is 0 Å². The van der Waals surface area contributed by atoms with Gasteiger partial charge in [-0.2, -0.15) is 0 Å². The van der Waals surface area contributed by atoms with E-state index in [1.807, 2.05) is 0 Å². The number of aromatic nitrogens is 2. The van der Waals surface area contributed by atoms with Crippen molar-refractivity contribution in [1.29, 1.82) is 0 Å². The van der Waals surface area contributed by atoms with Gasteiger partial charge in [-0.05, 0) is 6.07 Å². The Bertz CT molecular complexity index is 527. The quantitative estimate of drug-likeness (QED) is 0.857. The molecule has 0 aliphatic carbocycles. The molecule has 0 spiro atoms. The number of rotatable bonds is 3. The molecule has 88 valence electrons. The topological polar surface area (TPSA) is 94.0 Å². The van der Waals surface area contributed by atoms with Gasteiger partial charge in [0.15, 0.2) is 5.76 Å². The number of nitrogens with two attached hydrogens (primary N) is 1. The third-order valence-corrected chi connectivity index (χ3v) is 2.35. The molecular formula is C10H9ClN4O2. The second-order valence-electron chi connectivity index (χ2n) is 3.25. The van der Waals surface area contributed by atoms with Crippen LogP contribution in [0.2, 0.25) is 5.02 Å². The van der Waals surface area contributed by atoms with E-state index in [1.165, 1.54) is 18.5 Å². The van der Waals surface area contributed by atoms with Crippen LogP contribution in [0.5, 0.6) is 0 Å². The van der Waals surface area contributed by atoms with Crippen LogP contribution < -0.4 is 11.1 Å². The number of nitrogens with zero attached hydrogens (tertiary/aromatic N) is 2. The van der Waals surface area contributed by atoms with Gasteiger partial charge in [0.1, 0.15) is 5.82 Å². The summed E-state index contributed by atoms with van der Waals surface area (Å²) in [6.45, 7) is 0.251. The molecule has 1 amide bonds. The average molecular weight is 253 g/mol. The number of pyridine rings is 1. The standard InChI is InChI=1S/C10H9ClN4O2/c11-8-3-6(4-13-9(8)12)10(16)14-5-7-1-2-15-17-7/h1-4H,5H2,(H2,12,13)(H,14,16). The van der Waals surface area contributed by atoms with Gasteiger partial charge in [-0.1, -0.05) is 16.8 Å². The van der Waals surface area contributed by atoms with Crippen LogP contribution in [0.15, 0.2) is 29.0 Å². The molecule has 3 N–H and O–H groups in total. The van der Waals surface area contributed by atoms with Crippen LogP contribution in [0.4, 0.5) is 5.82 Å². The number of carbonyl (C=O) groups excluding carboxylic acids is 1. The van der Waals surface area contributed by atoms with Gasteiger partial charge in [0.25, 0.3) is 5.91 Å². The molecule has 0 radical (unpaired) electrons. The van der Waals surface area contributed by atoms with Gasteiger partial charge in [0.05, 0.1) is 23.3 Å². The monoisotopic (exact) mass is 252 g/mol. The maximum absolute atomic E-state index is 11.7. The fourth-order valence-electron chi connectivity index (χ4n) is 1.18. The predicted octanol–water partition coefficient (Wildman–Crippen LogP) is 1.24. The normalized spacial score (nSPS) is 10.2. The lowest BCUT2D eigenvalue weighted by molar-refractivity contribution is 0.0946. The Hall–Kier alpha value is -2.08. The molecule has 0 bridgehead atoms. The summed E-state index contributed by atoms with van der Waals surface area (Å²) >= 11 is 5.76. The van der Waals surface area contributed by atoms with E-state index in [9.17, 15) is 4.79 Å². The van der Waals surface area contributed by atoms with Crippen molar-refractivity contribution in [3.05, 3.63) is 40.9 Å². The zero-order chi connectivity index (χ0) is 12.3. The molecule has 2 aromatic rings. The number of halogens is 1. The third-order valence-electron chi connectivity index (χ3n) is 2.05. The summed E-state index contributed by atoms with van der Waals surface area (Å²) in [5, 5.41) is 6.41. The molecule has 2 aromatic heterocycles. The highest BCUT2D eigenvalue weighted by atomic mass is 35.5. The Morgan fingerprint density at radius 1 is 1.59 bits per heavy atom. The zero-order valence-corrected chi connectivity index (χ0v) is 9.44. The fraction of sp³-hybridized carbons (Fsp3) is 0.100. The Balaban J connectivity index is 2.02. The van der Waals surface area contributed by atoms with Gasteiger partial charge in [0, 0.05) is 12.3 Å². The minimum atomic E-state index is -0.309. The van der Waals surface area contributed by atoms with Crippen LogP contribution in [-0.4, -0.2) is 16.0 Å². The molecule has 0 aliphatic rings. The van der Waals surface area contributed by atoms with Gasteiger partial charge in [-0.3, -0.25) is 4.79 Å². The Morgan fingerprint density at radius 3 is 3.06 bits per heavy atom. The Kier molecular flexibility index (Phi) is 3.24. The number of hydrogen-bond acceptors (Lipinski definition) is 5. The summed E-state index contributed by atoms with van der Waals surface area (Å²) in [5.41, 5.74) is 5.78. The molecule has 0 unspecified atom stereocenters. The highest BCUT2D eigenvalue weighted by Crippen LogP contribution is 2.16. The molecular weight excluding hydrogens is 244 g/mol. The average Bonchev–Trinajstić information content (AvgIpc) is 2.82. The molecule has 2 heterocycles. The van der Waals surface area contributed by atoms with Crippen molar-refractivity contribution in [2.24, 2.45) is 0 Å². The van der Waals surface area contributed by atoms with Crippen LogP contribution in [0.3, 0.4) is 0 Å². The number of carbonyl (C=O) groups is 1. The summed E-state index contributed by atoms with van der Waals surface area (Å²) in [5.74, 6) is 0.446. The maximum Gasteiger partial charge on any atom is 0.253 e. The molecule has 0 saturated heterocycles. The fourth-order valence-corrected chi connectivity index (χ4v) is 1.34. The van der Waals surface area contributed by atoms with E-state index in [0.717, 1.165) is 0 Å². The smallest absolute Gasteiger partial charge is 0.253 e. The molecule has 2 rings (SSSR count). The van der Waals surface area contributed by atoms with Crippen LogP contribution in [0.1, 0.15) is 16.1 Å². The lowest BCUT2D eigenvalue weighted by Crippen LogP contribution is -2.22. The second kappa shape index (κ2) is 4.84. The molecule has 0 aliphatic heterocycles. The summed E-state index contributed by atoms with van der Waals surface area (Å²) in [7, 11) is 0. The minimum Gasteiger partial charge on any atom is -0.382 e. The van der Waals surface area contributed by atoms with Crippen molar-refractivity contribution in [1.82, 2.24) is 15.5 Å². The third kappa shape index (κ3) is 2.73. The first-order valence-electron chi connectivity index (χ1n) is 4.75. The van der Waals surface area contributed by atoms with E-state index in [4.69, 9.17) is 21.9 Å². The first-order valence-corrected chi connectivity index (χ1v) is 5.13. The summed E-state index contributed by atoms with van der Waals surface area (Å²) < 4.78 is 4.84. The zero-order valence-electron chi connectivity index (χ0n) is 8.68. The van der Waals surface area contributed by atoms with Crippen molar-refractivity contribution in [2.75, 3.05) is 5.73 Å². The molecule has 7 heteroatoms. The lowest BCUT2D eigenvalue weighted by Gasteiger charge is -2.03. The van der Waals surface area contributed by atoms with Gasteiger partial charge in [-0.25, -0.2) is 4.98 Å². The van der Waals surface area contributed by atoms with Crippen LogP contribution >= 0.6 is 11.6 Å². The lowest BCUT2D eigenvalue weighted by atomic mass is 10.2. The van der Waals surface area contributed by atoms with Crippen molar-refractivity contribution in [2.45, 2.75) is 6.54 Å². The molecule has 17 heavy (non-hydrogen) atoms. The number of nitrogen functional groups attached to an aromatic ring is 1. The van der Waals surface area contributed by atoms with Crippen molar-refractivity contribution in [3.63, 3.8) is 0 Å². The van der Waals surface area contributed by atoms with Gasteiger partial charge in [0.2, 0.25) is 0 Å². The molecule has 0 saturated carbocycles. The summed E-state index contributed by atoms with van der Waals surface area (Å²) in [6, 6.07) is 3.12. The van der Waals surface area contributed by atoms with E-state index in [2.05, 4.69) is 15.5 Å². The molecule has 0 aromatic carbocycles. The van der Waals surface area contributed by atoms with Crippen molar-refractivity contribution < 1.29 is 9.32 Å². The molecule has 6 nitrogen and oxygen atoms in total. The van der Waals surface area contributed by atoms with Crippen LogP contribution in [-0.2, 0) is 6.54 Å².